The number of hydrogen-bond donors (Lipinski definition) is 1. The number of amidine groups is 1. The van der Waals surface area contributed by atoms with Crippen LogP contribution in [0.3, 0.4) is 0 Å². The number of carbonyl (C=O) groups excluding carboxylic acids is 1. The molecule has 1 aliphatic rings. The molecule has 1 N–H and O–H groups in total. The van der Waals surface area contributed by atoms with E-state index in [1.54, 1.807) is 18.4 Å². The van der Waals surface area contributed by atoms with Crippen molar-refractivity contribution in [2.75, 3.05) is 20.1 Å². The van der Waals surface area contributed by atoms with Crippen LogP contribution >= 0.6 is 22.9 Å². The molecule has 1 aromatic carbocycles. The highest BCUT2D eigenvalue weighted by atomic mass is 35.5. The molecular formula is C19H17ClN4O2S. The fourth-order valence-corrected chi connectivity index (χ4v) is 3.78. The lowest BCUT2D eigenvalue weighted by Gasteiger charge is -2.13. The van der Waals surface area contributed by atoms with Gasteiger partial charge in [0, 0.05) is 24.7 Å². The summed E-state index contributed by atoms with van der Waals surface area (Å²) in [6, 6.07) is 11.4. The third-order valence-corrected chi connectivity index (χ3v) is 5.46. The van der Waals surface area contributed by atoms with Crippen LogP contribution in [-0.2, 0) is 6.54 Å². The topological polar surface area (TPSA) is 70.7 Å². The van der Waals surface area contributed by atoms with Gasteiger partial charge in [0.25, 0.3) is 5.91 Å². The molecule has 1 amide bonds. The van der Waals surface area contributed by atoms with Crippen molar-refractivity contribution in [3.63, 3.8) is 0 Å². The van der Waals surface area contributed by atoms with Crippen LogP contribution in [-0.4, -0.2) is 41.8 Å². The third-order valence-electron chi connectivity index (χ3n) is 4.23. The second-order valence-corrected chi connectivity index (χ2v) is 7.85. The Labute approximate surface area is 165 Å². The lowest BCUT2D eigenvalue weighted by molar-refractivity contribution is 0.0954. The van der Waals surface area contributed by atoms with E-state index in [4.69, 9.17) is 16.0 Å². The summed E-state index contributed by atoms with van der Waals surface area (Å²) in [5.74, 6) is 1.35. The van der Waals surface area contributed by atoms with Gasteiger partial charge < -0.3 is 14.6 Å². The van der Waals surface area contributed by atoms with Crippen molar-refractivity contribution in [3.8, 4) is 11.5 Å². The summed E-state index contributed by atoms with van der Waals surface area (Å²) < 4.78 is 6.14. The van der Waals surface area contributed by atoms with E-state index in [1.807, 2.05) is 31.3 Å². The third kappa shape index (κ3) is 3.89. The lowest BCUT2D eigenvalue weighted by atomic mass is 10.1. The maximum absolute atomic E-state index is 12.1. The Bertz CT molecular complexity index is 993. The molecular weight excluding hydrogens is 384 g/mol. The number of amides is 1. The van der Waals surface area contributed by atoms with Gasteiger partial charge in [-0.15, -0.1) is 11.3 Å². The number of nitrogens with one attached hydrogen (secondary N) is 1. The van der Waals surface area contributed by atoms with Crippen molar-refractivity contribution in [1.29, 1.82) is 0 Å². The van der Waals surface area contributed by atoms with E-state index >= 15 is 0 Å². The van der Waals surface area contributed by atoms with Gasteiger partial charge in [-0.05, 0) is 24.3 Å². The minimum Gasteiger partial charge on any atom is -0.444 e. The molecule has 138 valence electrons. The number of nitrogens with zero attached hydrogens (tertiary/aromatic N) is 3. The van der Waals surface area contributed by atoms with E-state index in [1.165, 1.54) is 11.3 Å². The van der Waals surface area contributed by atoms with E-state index in [0.717, 1.165) is 30.1 Å². The van der Waals surface area contributed by atoms with Crippen molar-refractivity contribution in [1.82, 2.24) is 15.2 Å². The molecule has 27 heavy (non-hydrogen) atoms. The summed E-state index contributed by atoms with van der Waals surface area (Å²) in [7, 11) is 2.04. The number of thiophene rings is 1. The van der Waals surface area contributed by atoms with Crippen molar-refractivity contribution < 1.29 is 9.21 Å². The number of halogens is 1. The Morgan fingerprint density at radius 3 is 2.70 bits per heavy atom. The van der Waals surface area contributed by atoms with Crippen LogP contribution in [0.1, 0.15) is 20.9 Å². The van der Waals surface area contributed by atoms with Crippen LogP contribution in [0.4, 0.5) is 0 Å². The second kappa shape index (κ2) is 7.54. The van der Waals surface area contributed by atoms with Crippen LogP contribution in [0.2, 0.25) is 4.34 Å². The number of hydrogen-bond acceptors (Lipinski definition) is 6. The monoisotopic (exact) mass is 400 g/mol. The molecule has 0 spiro atoms. The molecule has 0 aliphatic carbocycles. The van der Waals surface area contributed by atoms with Gasteiger partial charge in [-0.1, -0.05) is 23.7 Å². The van der Waals surface area contributed by atoms with Gasteiger partial charge in [0.15, 0.2) is 0 Å². The quantitative estimate of drug-likeness (QED) is 0.709. The molecule has 3 aromatic rings. The minimum absolute atomic E-state index is 0.178. The van der Waals surface area contributed by atoms with Gasteiger partial charge in [0.2, 0.25) is 5.89 Å². The van der Waals surface area contributed by atoms with E-state index < -0.39 is 0 Å². The van der Waals surface area contributed by atoms with Gasteiger partial charge in [0.05, 0.1) is 28.0 Å². The molecule has 6 nitrogen and oxygen atoms in total. The molecule has 0 bridgehead atoms. The zero-order valence-corrected chi connectivity index (χ0v) is 16.2. The second-order valence-electron chi connectivity index (χ2n) is 6.13. The highest BCUT2D eigenvalue weighted by molar-refractivity contribution is 7.17. The van der Waals surface area contributed by atoms with Crippen molar-refractivity contribution in [2.24, 2.45) is 4.99 Å². The van der Waals surface area contributed by atoms with Crippen molar-refractivity contribution in [2.45, 2.75) is 6.54 Å². The lowest BCUT2D eigenvalue weighted by Crippen LogP contribution is -2.23. The molecule has 0 radical (unpaired) electrons. The zero-order valence-electron chi connectivity index (χ0n) is 14.6. The standard InChI is InChI=1S/C19H17ClN4O2S/c1-24-9-8-21-17(24)12-2-4-13(5-3-12)19-23-14(11-26-19)10-22-18(25)15-6-7-16(20)27-15/h2-7,11H,8-10H2,1H3,(H,22,25). The SMILES string of the molecule is CN1CCN=C1c1ccc(-c2nc(CNC(=O)c3ccc(Cl)s3)co2)cc1. The highest BCUT2D eigenvalue weighted by Crippen LogP contribution is 2.22. The summed E-state index contributed by atoms with van der Waals surface area (Å²) >= 11 is 7.10. The first-order valence-corrected chi connectivity index (χ1v) is 9.64. The minimum atomic E-state index is -0.178. The van der Waals surface area contributed by atoms with E-state index in [-0.39, 0.29) is 12.5 Å². The number of aliphatic imine (C=N–C) groups is 1. The summed E-state index contributed by atoms with van der Waals surface area (Å²) in [6.45, 7) is 2.07. The number of carbonyl (C=O) groups is 1. The fourth-order valence-electron chi connectivity index (χ4n) is 2.82. The van der Waals surface area contributed by atoms with Crippen molar-refractivity contribution >= 4 is 34.7 Å². The Balaban J connectivity index is 1.41. The zero-order chi connectivity index (χ0) is 18.8. The average molecular weight is 401 g/mol. The largest absolute Gasteiger partial charge is 0.444 e. The molecule has 3 heterocycles. The van der Waals surface area contributed by atoms with Gasteiger partial charge in [-0.25, -0.2) is 4.98 Å². The Morgan fingerprint density at radius 1 is 1.26 bits per heavy atom. The Hall–Kier alpha value is -2.64. The fraction of sp³-hybridized carbons (Fsp3) is 0.211. The van der Waals surface area contributed by atoms with Crippen LogP contribution < -0.4 is 5.32 Å². The van der Waals surface area contributed by atoms with E-state index in [9.17, 15) is 4.79 Å². The summed E-state index contributed by atoms with van der Waals surface area (Å²) in [5, 5.41) is 2.81. The van der Waals surface area contributed by atoms with Crippen LogP contribution in [0.5, 0.6) is 0 Å². The Kier molecular flexibility index (Phi) is 4.96. The van der Waals surface area contributed by atoms with Crippen LogP contribution in [0, 0.1) is 0 Å². The number of rotatable bonds is 5. The van der Waals surface area contributed by atoms with Gasteiger partial charge >= 0.3 is 0 Å². The molecule has 0 saturated heterocycles. The number of oxazole rings is 1. The first-order chi connectivity index (χ1) is 13.1. The van der Waals surface area contributed by atoms with Crippen LogP contribution in [0.25, 0.3) is 11.5 Å². The van der Waals surface area contributed by atoms with E-state index in [2.05, 4.69) is 20.2 Å². The molecule has 2 aromatic heterocycles. The summed E-state index contributed by atoms with van der Waals surface area (Å²) in [6.07, 6.45) is 1.56. The molecule has 0 saturated carbocycles. The van der Waals surface area contributed by atoms with Gasteiger partial charge in [0.1, 0.15) is 12.1 Å². The van der Waals surface area contributed by atoms with E-state index in [0.29, 0.717) is 20.8 Å². The molecule has 1 aliphatic heterocycles. The number of benzene rings is 1. The first-order valence-electron chi connectivity index (χ1n) is 8.44. The number of aromatic nitrogens is 1. The molecule has 0 unspecified atom stereocenters. The number of likely N-dealkylation sites (N-methyl/N-ethyl adjacent to an activating group) is 1. The molecule has 0 atom stereocenters. The predicted octanol–water partition coefficient (Wildman–Crippen LogP) is 3.68. The maximum atomic E-state index is 12.1. The summed E-state index contributed by atoms with van der Waals surface area (Å²) in [5.41, 5.74) is 2.61. The molecule has 8 heteroatoms. The summed E-state index contributed by atoms with van der Waals surface area (Å²) in [4.78, 5) is 23.7. The van der Waals surface area contributed by atoms with Crippen molar-refractivity contribution in [3.05, 3.63) is 63.1 Å². The van der Waals surface area contributed by atoms with Gasteiger partial charge in [-0.2, -0.15) is 0 Å². The normalized spacial score (nSPS) is 13.7. The highest BCUT2D eigenvalue weighted by Gasteiger charge is 2.15. The predicted molar refractivity (Wildman–Crippen MR) is 106 cm³/mol. The Morgan fingerprint density at radius 2 is 2.04 bits per heavy atom. The molecule has 0 fully saturated rings. The molecule has 4 rings (SSSR count). The maximum Gasteiger partial charge on any atom is 0.261 e. The average Bonchev–Trinajstić information content (AvgIpc) is 3.41. The first kappa shape index (κ1) is 17.8. The van der Waals surface area contributed by atoms with Crippen LogP contribution in [0.15, 0.2) is 52.1 Å². The smallest absolute Gasteiger partial charge is 0.261 e. The van der Waals surface area contributed by atoms with Gasteiger partial charge in [-0.3, -0.25) is 9.79 Å².